The number of hydrogen-bond donors (Lipinski definition) is 0. The predicted octanol–water partition coefficient (Wildman–Crippen LogP) is 2.13. The van der Waals surface area contributed by atoms with Gasteiger partial charge in [0.15, 0.2) is 4.32 Å². The van der Waals surface area contributed by atoms with Crippen LogP contribution < -0.4 is 0 Å². The van der Waals surface area contributed by atoms with E-state index in [1.54, 1.807) is 0 Å². The highest BCUT2D eigenvalue weighted by Crippen LogP contribution is 2.45. The topological polar surface area (TPSA) is 35.5 Å². The second-order valence-electron chi connectivity index (χ2n) is 3.37. The normalized spacial score (nSPS) is 40.8. The first-order valence-corrected chi connectivity index (χ1v) is 6.06. The molecule has 0 N–H and O–H groups in total. The molecule has 2 heterocycles. The zero-order valence-electron chi connectivity index (χ0n) is 7.63. The average Bonchev–Trinajstić information content (AvgIpc) is 2.11. The van der Waals surface area contributed by atoms with Gasteiger partial charge in [-0.3, -0.25) is 4.79 Å². The van der Waals surface area contributed by atoms with Crippen LogP contribution in [0.5, 0.6) is 0 Å². The van der Waals surface area contributed by atoms with Crippen LogP contribution in [0.4, 0.5) is 0 Å². The van der Waals surface area contributed by atoms with Crippen molar-refractivity contribution in [1.29, 1.82) is 0 Å². The van der Waals surface area contributed by atoms with E-state index >= 15 is 0 Å². The average molecular weight is 326 g/mol. The second kappa shape index (κ2) is 3.61. The minimum atomic E-state index is -0.795. The molecule has 0 amide bonds. The first kappa shape index (κ1) is 10.6. The van der Waals surface area contributed by atoms with Crippen molar-refractivity contribution >= 4 is 37.8 Å². The molecular formula is C9H10Br2O3. The fraction of sp³-hybridized carbons (Fsp3) is 0.667. The Labute approximate surface area is 99.1 Å². The molecule has 0 saturated carbocycles. The van der Waals surface area contributed by atoms with Crippen LogP contribution in [-0.2, 0) is 14.3 Å². The van der Waals surface area contributed by atoms with Crippen LogP contribution in [0.1, 0.15) is 13.3 Å². The first-order valence-electron chi connectivity index (χ1n) is 4.47. The van der Waals surface area contributed by atoms with Gasteiger partial charge in [-0.1, -0.05) is 31.9 Å². The van der Waals surface area contributed by atoms with Crippen LogP contribution in [-0.4, -0.2) is 29.1 Å². The van der Waals surface area contributed by atoms with E-state index in [2.05, 4.69) is 31.9 Å². The summed E-state index contributed by atoms with van der Waals surface area (Å²) in [6, 6.07) is 0. The van der Waals surface area contributed by atoms with Crippen molar-refractivity contribution in [2.24, 2.45) is 0 Å². The highest BCUT2D eigenvalue weighted by Gasteiger charge is 2.54. The number of esters is 1. The van der Waals surface area contributed by atoms with Crippen molar-refractivity contribution in [2.45, 2.75) is 29.9 Å². The number of halogens is 2. The molecule has 14 heavy (non-hydrogen) atoms. The third kappa shape index (κ3) is 1.46. The molecule has 2 aliphatic heterocycles. The molecule has 0 aromatic carbocycles. The van der Waals surface area contributed by atoms with Gasteiger partial charge < -0.3 is 9.47 Å². The Bertz CT molecular complexity index is 302. The summed E-state index contributed by atoms with van der Waals surface area (Å²) in [5, 5.41) is 0. The minimum absolute atomic E-state index is 0.125. The Morgan fingerprint density at radius 3 is 3.14 bits per heavy atom. The van der Waals surface area contributed by atoms with Gasteiger partial charge in [0.2, 0.25) is 0 Å². The van der Waals surface area contributed by atoms with E-state index < -0.39 is 4.32 Å². The van der Waals surface area contributed by atoms with Crippen LogP contribution in [0.3, 0.4) is 0 Å². The van der Waals surface area contributed by atoms with E-state index in [1.165, 1.54) is 0 Å². The molecule has 3 atom stereocenters. The van der Waals surface area contributed by atoms with Crippen molar-refractivity contribution in [3.05, 3.63) is 10.6 Å². The second-order valence-corrected chi connectivity index (χ2v) is 5.60. The summed E-state index contributed by atoms with van der Waals surface area (Å²) in [7, 11) is 0. The Hall–Kier alpha value is 0.130. The maximum Gasteiger partial charge on any atom is 0.330 e. The molecule has 3 rings (SSSR count). The monoisotopic (exact) mass is 324 g/mol. The molecule has 0 aromatic rings. The van der Waals surface area contributed by atoms with E-state index in [4.69, 9.17) is 9.47 Å². The van der Waals surface area contributed by atoms with Crippen LogP contribution in [0, 0.1) is 0 Å². The summed E-state index contributed by atoms with van der Waals surface area (Å²) in [6.45, 7) is 2.52. The summed E-state index contributed by atoms with van der Waals surface area (Å²) < 4.78 is 10.8. The van der Waals surface area contributed by atoms with Gasteiger partial charge >= 0.3 is 5.97 Å². The molecule has 0 unspecified atom stereocenters. The highest BCUT2D eigenvalue weighted by molar-refractivity contribution is 9.12. The maximum atomic E-state index is 11.6. The smallest absolute Gasteiger partial charge is 0.330 e. The lowest BCUT2D eigenvalue weighted by Gasteiger charge is -2.43. The molecule has 0 radical (unpaired) electrons. The zero-order valence-corrected chi connectivity index (χ0v) is 10.8. The lowest BCUT2D eigenvalue weighted by Crippen LogP contribution is -2.56. The van der Waals surface area contributed by atoms with Crippen molar-refractivity contribution in [3.8, 4) is 0 Å². The van der Waals surface area contributed by atoms with E-state index in [0.29, 0.717) is 13.0 Å². The van der Waals surface area contributed by atoms with Crippen molar-refractivity contribution in [1.82, 2.24) is 0 Å². The lowest BCUT2D eigenvalue weighted by molar-refractivity contribution is -0.164. The largest absolute Gasteiger partial charge is 0.455 e. The van der Waals surface area contributed by atoms with Gasteiger partial charge in [0.1, 0.15) is 6.10 Å². The molecule has 0 aromatic heterocycles. The lowest BCUT2D eigenvalue weighted by atomic mass is 9.87. The van der Waals surface area contributed by atoms with Gasteiger partial charge in [0.25, 0.3) is 0 Å². The molecule has 3 nitrogen and oxygen atoms in total. The summed E-state index contributed by atoms with van der Waals surface area (Å²) in [5.41, 5.74) is 0. The molecule has 5 heteroatoms. The summed E-state index contributed by atoms with van der Waals surface area (Å²) in [5.74, 6) is -0.254. The Kier molecular flexibility index (Phi) is 2.74. The maximum absolute atomic E-state index is 11.6. The number of carbonyl (C=O) groups is 1. The number of fused-ring (bicyclic) bond motifs is 2. The Morgan fingerprint density at radius 1 is 1.79 bits per heavy atom. The molecule has 1 fully saturated rings. The van der Waals surface area contributed by atoms with Crippen LogP contribution in [0.15, 0.2) is 10.6 Å². The Morgan fingerprint density at radius 2 is 2.50 bits per heavy atom. The van der Waals surface area contributed by atoms with Crippen molar-refractivity contribution in [2.75, 3.05) is 6.61 Å². The quantitative estimate of drug-likeness (QED) is 0.576. The fourth-order valence-electron chi connectivity index (χ4n) is 1.77. The van der Waals surface area contributed by atoms with E-state index in [-0.39, 0.29) is 18.2 Å². The van der Waals surface area contributed by atoms with E-state index in [0.717, 1.165) is 4.48 Å². The van der Waals surface area contributed by atoms with Gasteiger partial charge in [-0.05, 0) is 13.0 Å². The minimum Gasteiger partial charge on any atom is -0.455 e. The van der Waals surface area contributed by atoms with Crippen LogP contribution in [0.25, 0.3) is 0 Å². The number of alkyl halides is 1. The van der Waals surface area contributed by atoms with Gasteiger partial charge in [-0.25, -0.2) is 0 Å². The molecule has 0 spiro atoms. The highest BCUT2D eigenvalue weighted by atomic mass is 79.9. The molecule has 78 valence electrons. The fourth-order valence-corrected chi connectivity index (χ4v) is 3.38. The van der Waals surface area contributed by atoms with Crippen LogP contribution >= 0.6 is 31.9 Å². The van der Waals surface area contributed by atoms with Gasteiger partial charge in [0, 0.05) is 17.5 Å². The van der Waals surface area contributed by atoms with Crippen LogP contribution in [0.2, 0.25) is 0 Å². The molecular weight excluding hydrogens is 316 g/mol. The van der Waals surface area contributed by atoms with Crippen molar-refractivity contribution < 1.29 is 14.3 Å². The number of rotatable bonds is 2. The van der Waals surface area contributed by atoms with Gasteiger partial charge in [0.05, 0.1) is 6.10 Å². The molecule has 1 saturated heterocycles. The Balaban J connectivity index is 2.32. The zero-order chi connectivity index (χ0) is 10.3. The molecule has 3 aliphatic rings. The number of carbonyl (C=O) groups excluding carboxylic acids is 1. The summed E-state index contributed by atoms with van der Waals surface area (Å²) in [4.78, 5) is 11.6. The number of hydrogen-bond acceptors (Lipinski definition) is 3. The molecule has 2 bridgehead atoms. The van der Waals surface area contributed by atoms with E-state index in [9.17, 15) is 4.79 Å². The summed E-state index contributed by atoms with van der Waals surface area (Å²) in [6.07, 6.45) is 2.26. The van der Waals surface area contributed by atoms with Crippen molar-refractivity contribution in [3.63, 3.8) is 0 Å². The molecule has 1 aliphatic carbocycles. The predicted molar refractivity (Wildman–Crippen MR) is 58.6 cm³/mol. The third-order valence-electron chi connectivity index (χ3n) is 2.48. The number of ether oxygens (including phenoxy) is 2. The first-order chi connectivity index (χ1) is 6.58. The summed E-state index contributed by atoms with van der Waals surface area (Å²) >= 11 is 6.78. The van der Waals surface area contributed by atoms with Gasteiger partial charge in [-0.15, -0.1) is 0 Å². The van der Waals surface area contributed by atoms with E-state index in [1.807, 2.05) is 13.0 Å². The third-order valence-corrected chi connectivity index (χ3v) is 4.29. The standard InChI is InChI=1S/C9H10Br2O3/c1-2-13-7-3-6-5(10)4-9(7,11)8(12)14-6/h4,6-7H,2-3H2,1H3/t6-,7-,9+/m0/s1. The SMILES string of the molecule is CCO[C@H]1C[C@@H]2OC(=O)[C@@]1(Br)C=C2Br. The van der Waals surface area contributed by atoms with Gasteiger partial charge in [-0.2, -0.15) is 0 Å².